The van der Waals surface area contributed by atoms with Crippen LogP contribution in [-0.4, -0.2) is 34.7 Å². The highest BCUT2D eigenvalue weighted by atomic mass is 16.6. The molecular weight excluding hydrogens is 438 g/mol. The Balaban J connectivity index is 1.36. The molecule has 2 aliphatic rings. The van der Waals surface area contributed by atoms with Gasteiger partial charge in [-0.25, -0.2) is 4.79 Å². The number of nitro groups is 1. The molecule has 3 aromatic rings. The molecule has 0 amide bonds. The molecule has 8 heteroatoms. The number of hydrogen-bond acceptors (Lipinski definition) is 7. The Kier molecular flexibility index (Phi) is 5.30. The van der Waals surface area contributed by atoms with Gasteiger partial charge in [-0.3, -0.25) is 19.7 Å². The lowest BCUT2D eigenvalue weighted by Crippen LogP contribution is -2.41. The topological polar surface area (TPSA) is 113 Å². The van der Waals surface area contributed by atoms with Crippen molar-refractivity contribution >= 4 is 34.0 Å². The molecule has 1 heterocycles. The molecule has 8 nitrogen and oxygen atoms in total. The monoisotopic (exact) mass is 457 g/mol. The maximum Gasteiger partial charge on any atom is 0.335 e. The Morgan fingerprint density at radius 2 is 1.65 bits per heavy atom. The lowest BCUT2D eigenvalue weighted by molar-refractivity contribution is -0.384. The molecule has 5 rings (SSSR count). The molecule has 0 radical (unpaired) electrons. The van der Waals surface area contributed by atoms with Crippen molar-refractivity contribution in [1.29, 1.82) is 0 Å². The highest BCUT2D eigenvalue weighted by molar-refractivity contribution is 6.28. The molecule has 3 aromatic carbocycles. The van der Waals surface area contributed by atoms with Crippen molar-refractivity contribution in [2.75, 3.05) is 0 Å². The molecule has 0 aromatic heterocycles. The molecule has 0 spiro atoms. The Bertz CT molecular complexity index is 1400. The maximum absolute atomic E-state index is 13.3. The average molecular weight is 457 g/mol. The van der Waals surface area contributed by atoms with Crippen LogP contribution in [0.5, 0.6) is 0 Å². The SMILES string of the molecule is C[C@@H]1O[C@H](C(=O)OCc2ccc([N+](=O)[O-])cc2)CC2=C1C(=O)c1cc3ccccc3cc1C2=O. The molecule has 170 valence electrons. The van der Waals surface area contributed by atoms with E-state index in [-0.39, 0.29) is 41.4 Å². The Morgan fingerprint density at radius 1 is 1.03 bits per heavy atom. The summed E-state index contributed by atoms with van der Waals surface area (Å²) in [5, 5.41) is 12.5. The van der Waals surface area contributed by atoms with Gasteiger partial charge in [0, 0.05) is 40.8 Å². The van der Waals surface area contributed by atoms with Gasteiger partial charge in [-0.15, -0.1) is 0 Å². The second-order valence-electron chi connectivity index (χ2n) is 8.30. The Hall–Kier alpha value is -4.17. The van der Waals surface area contributed by atoms with Crippen LogP contribution >= 0.6 is 0 Å². The summed E-state index contributed by atoms with van der Waals surface area (Å²) in [6.07, 6.45) is -1.85. The molecule has 34 heavy (non-hydrogen) atoms. The summed E-state index contributed by atoms with van der Waals surface area (Å²) in [7, 11) is 0. The molecular formula is C26H19NO7. The third kappa shape index (κ3) is 3.68. The van der Waals surface area contributed by atoms with Crippen molar-refractivity contribution in [1.82, 2.24) is 0 Å². The van der Waals surface area contributed by atoms with Gasteiger partial charge >= 0.3 is 5.97 Å². The summed E-state index contributed by atoms with van der Waals surface area (Å²) in [4.78, 5) is 49.6. The summed E-state index contributed by atoms with van der Waals surface area (Å²) in [6, 6.07) is 16.6. The van der Waals surface area contributed by atoms with Crippen LogP contribution in [-0.2, 0) is 20.9 Å². The summed E-state index contributed by atoms with van der Waals surface area (Å²) in [5.41, 5.74) is 1.75. The van der Waals surface area contributed by atoms with Gasteiger partial charge in [-0.2, -0.15) is 0 Å². The van der Waals surface area contributed by atoms with E-state index in [0.717, 1.165) is 10.8 Å². The molecule has 0 bridgehead atoms. The molecule has 1 aliphatic heterocycles. The largest absolute Gasteiger partial charge is 0.459 e. The minimum absolute atomic E-state index is 0.0599. The molecule has 0 fully saturated rings. The zero-order chi connectivity index (χ0) is 24.0. The molecule has 1 aliphatic carbocycles. The number of carbonyl (C=O) groups excluding carboxylic acids is 3. The van der Waals surface area contributed by atoms with Crippen LogP contribution in [0.4, 0.5) is 5.69 Å². The highest BCUT2D eigenvalue weighted by Gasteiger charge is 2.42. The van der Waals surface area contributed by atoms with E-state index in [1.165, 1.54) is 24.3 Å². The van der Waals surface area contributed by atoms with Crippen LogP contribution < -0.4 is 0 Å². The third-order valence-electron chi connectivity index (χ3n) is 6.17. The Labute approximate surface area is 193 Å². The number of rotatable bonds is 4. The van der Waals surface area contributed by atoms with Gasteiger partial charge in [-0.1, -0.05) is 24.3 Å². The van der Waals surface area contributed by atoms with Crippen LogP contribution in [0, 0.1) is 10.1 Å². The van der Waals surface area contributed by atoms with Crippen molar-refractivity contribution in [3.05, 3.63) is 98.6 Å². The van der Waals surface area contributed by atoms with E-state index >= 15 is 0 Å². The van der Waals surface area contributed by atoms with Crippen molar-refractivity contribution in [2.45, 2.75) is 32.2 Å². The number of hydrogen-bond donors (Lipinski definition) is 0. The first kappa shape index (κ1) is 21.7. The quantitative estimate of drug-likeness (QED) is 0.325. The van der Waals surface area contributed by atoms with E-state index < -0.39 is 23.1 Å². The number of esters is 1. The van der Waals surface area contributed by atoms with Crippen LogP contribution in [0.1, 0.15) is 39.6 Å². The van der Waals surface area contributed by atoms with Gasteiger partial charge in [0.1, 0.15) is 6.61 Å². The second-order valence-corrected chi connectivity index (χ2v) is 8.30. The summed E-state index contributed by atoms with van der Waals surface area (Å²) in [5.74, 6) is -1.21. The van der Waals surface area contributed by atoms with E-state index in [1.807, 2.05) is 24.3 Å². The highest BCUT2D eigenvalue weighted by Crippen LogP contribution is 2.37. The summed E-state index contributed by atoms with van der Waals surface area (Å²) in [6.45, 7) is 1.54. The van der Waals surface area contributed by atoms with Crippen LogP contribution in [0.3, 0.4) is 0 Å². The zero-order valence-electron chi connectivity index (χ0n) is 18.1. The number of Topliss-reactive ketones (excluding diaryl/α,β-unsaturated/α-hetero) is 2. The van der Waals surface area contributed by atoms with Crippen molar-refractivity contribution in [3.63, 3.8) is 0 Å². The van der Waals surface area contributed by atoms with Gasteiger partial charge in [0.2, 0.25) is 0 Å². The maximum atomic E-state index is 13.3. The number of ketones is 2. The normalized spacial score (nSPS) is 19.6. The molecule has 0 saturated carbocycles. The number of nitrogens with zero attached hydrogens (tertiary/aromatic N) is 1. The number of ether oxygens (including phenoxy) is 2. The van der Waals surface area contributed by atoms with Crippen molar-refractivity contribution < 1.29 is 28.8 Å². The van der Waals surface area contributed by atoms with E-state index in [4.69, 9.17) is 9.47 Å². The van der Waals surface area contributed by atoms with Gasteiger partial charge < -0.3 is 9.47 Å². The minimum atomic E-state index is -1.04. The molecule has 2 atom stereocenters. The minimum Gasteiger partial charge on any atom is -0.459 e. The average Bonchev–Trinajstić information content (AvgIpc) is 2.84. The summed E-state index contributed by atoms with van der Waals surface area (Å²) < 4.78 is 11.1. The number of benzene rings is 3. The number of non-ortho nitro benzene ring substituents is 1. The number of nitro benzene ring substituents is 1. The predicted molar refractivity (Wildman–Crippen MR) is 121 cm³/mol. The van der Waals surface area contributed by atoms with E-state index in [9.17, 15) is 24.5 Å². The fourth-order valence-corrected chi connectivity index (χ4v) is 4.46. The lowest BCUT2D eigenvalue weighted by atomic mass is 9.78. The van der Waals surface area contributed by atoms with Crippen LogP contribution in [0.2, 0.25) is 0 Å². The first-order valence-electron chi connectivity index (χ1n) is 10.7. The predicted octanol–water partition coefficient (Wildman–Crippen LogP) is 4.34. The Morgan fingerprint density at radius 3 is 2.26 bits per heavy atom. The van der Waals surface area contributed by atoms with E-state index in [2.05, 4.69) is 0 Å². The first-order chi connectivity index (χ1) is 16.3. The third-order valence-corrected chi connectivity index (χ3v) is 6.17. The van der Waals surface area contributed by atoms with Gasteiger partial charge in [-0.05, 0) is 47.5 Å². The van der Waals surface area contributed by atoms with Gasteiger partial charge in [0.05, 0.1) is 11.0 Å². The zero-order valence-corrected chi connectivity index (χ0v) is 18.1. The van der Waals surface area contributed by atoms with Crippen LogP contribution in [0.15, 0.2) is 71.8 Å². The van der Waals surface area contributed by atoms with Crippen molar-refractivity contribution in [3.8, 4) is 0 Å². The number of fused-ring (bicyclic) bond motifs is 2. The van der Waals surface area contributed by atoms with Gasteiger partial charge in [0.15, 0.2) is 17.7 Å². The fourth-order valence-electron chi connectivity index (χ4n) is 4.46. The van der Waals surface area contributed by atoms with Crippen LogP contribution in [0.25, 0.3) is 10.8 Å². The first-order valence-corrected chi connectivity index (χ1v) is 10.7. The van der Waals surface area contributed by atoms with E-state index in [0.29, 0.717) is 16.7 Å². The summed E-state index contributed by atoms with van der Waals surface area (Å²) >= 11 is 0. The second kappa shape index (κ2) is 8.31. The smallest absolute Gasteiger partial charge is 0.335 e. The standard InChI is InChI=1S/C26H19NO7/c1-14-23-21(24(28)19-10-16-4-2-3-5-17(16)11-20(19)25(23)29)12-22(34-14)26(30)33-13-15-6-8-18(9-7-15)27(31)32/h2-11,14,22H,12-13H2,1H3/t14-,22-/m0/s1. The molecule has 0 saturated heterocycles. The lowest BCUT2D eigenvalue weighted by Gasteiger charge is -2.33. The molecule has 0 unspecified atom stereocenters. The fraction of sp³-hybridized carbons (Fsp3) is 0.192. The van der Waals surface area contributed by atoms with Crippen molar-refractivity contribution in [2.24, 2.45) is 0 Å². The van der Waals surface area contributed by atoms with E-state index in [1.54, 1.807) is 19.1 Å². The molecule has 0 N–H and O–H groups in total. The number of carbonyl (C=O) groups is 3. The van der Waals surface area contributed by atoms with Gasteiger partial charge in [0.25, 0.3) is 5.69 Å².